The van der Waals surface area contributed by atoms with Crippen molar-refractivity contribution in [1.29, 1.82) is 5.26 Å². The molecule has 2 aliphatic carbocycles. The van der Waals surface area contributed by atoms with Gasteiger partial charge in [-0.25, -0.2) is 9.37 Å². The van der Waals surface area contributed by atoms with Crippen LogP contribution in [0.2, 0.25) is 10.0 Å². The van der Waals surface area contributed by atoms with Crippen molar-refractivity contribution in [1.82, 2.24) is 34.8 Å². The van der Waals surface area contributed by atoms with Gasteiger partial charge in [0.05, 0.1) is 52.1 Å². The minimum atomic E-state index is -0.484. The number of amides is 1. The van der Waals surface area contributed by atoms with Crippen molar-refractivity contribution in [2.24, 2.45) is 18.9 Å². The summed E-state index contributed by atoms with van der Waals surface area (Å²) in [6, 6.07) is 11.8. The molecule has 10 nitrogen and oxygen atoms in total. The zero-order valence-corrected chi connectivity index (χ0v) is 30.8. The number of hydrogen-bond acceptors (Lipinski definition) is 7. The Balaban J connectivity index is 1.23. The molecule has 2 saturated carbocycles. The molecule has 3 saturated heterocycles. The van der Waals surface area contributed by atoms with E-state index in [1.54, 1.807) is 22.9 Å². The van der Waals surface area contributed by atoms with Gasteiger partial charge in [-0.1, -0.05) is 40.5 Å². The number of likely N-dealkylation sites (tertiary alicyclic amines) is 1. The Morgan fingerprint density at radius 2 is 2.00 bits per heavy atom. The summed E-state index contributed by atoms with van der Waals surface area (Å²) in [6.07, 6.45) is 3.87. The third-order valence-electron chi connectivity index (χ3n) is 11.9. The molecular weight excluding hydrogens is 702 g/mol. The van der Waals surface area contributed by atoms with Gasteiger partial charge in [-0.15, -0.1) is 5.10 Å². The van der Waals surface area contributed by atoms with E-state index in [-0.39, 0.29) is 53.0 Å². The molecule has 5 fully saturated rings. The van der Waals surface area contributed by atoms with Crippen molar-refractivity contribution in [3.63, 3.8) is 0 Å². The maximum atomic E-state index is 17.2. The Morgan fingerprint density at radius 3 is 2.69 bits per heavy atom. The van der Waals surface area contributed by atoms with Crippen LogP contribution in [0.4, 0.5) is 4.39 Å². The highest BCUT2D eigenvalue weighted by Gasteiger charge is 2.51. The van der Waals surface area contributed by atoms with E-state index in [0.29, 0.717) is 64.7 Å². The summed E-state index contributed by atoms with van der Waals surface area (Å²) >= 11 is 13.1. The quantitative estimate of drug-likeness (QED) is 0.169. The second kappa shape index (κ2) is 12.8. The molecule has 1 amide bonds. The van der Waals surface area contributed by atoms with E-state index in [2.05, 4.69) is 32.3 Å². The van der Waals surface area contributed by atoms with Gasteiger partial charge in [0.25, 0.3) is 0 Å². The van der Waals surface area contributed by atoms with Crippen LogP contribution >= 0.6 is 23.2 Å². The van der Waals surface area contributed by atoms with Gasteiger partial charge in [0, 0.05) is 78.2 Å². The van der Waals surface area contributed by atoms with Crippen molar-refractivity contribution >= 4 is 50.9 Å². The number of carbonyl (C=O) groups excluding carboxylic acids is 1. The lowest BCUT2D eigenvalue weighted by Crippen LogP contribution is -2.41. The summed E-state index contributed by atoms with van der Waals surface area (Å²) in [5, 5.41) is 23.9. The molecule has 5 aromatic rings. The molecule has 10 rings (SSSR count). The lowest BCUT2D eigenvalue weighted by atomic mass is 9.79. The SMILES string of the molecule is Cc1nc2c(F)c(-c3cccc(Cl)c3Cl)c(CCC#N)cc2c2c1cc(C1CC(OCc3nnn(C)c3C)CN1C(=O)C1CC1)n2C1C2CNC1C2. The first-order valence-electron chi connectivity index (χ1n) is 18.1. The average molecular weight is 742 g/mol. The van der Waals surface area contributed by atoms with E-state index >= 15 is 4.39 Å². The van der Waals surface area contributed by atoms with Gasteiger partial charge < -0.3 is 19.5 Å². The summed E-state index contributed by atoms with van der Waals surface area (Å²) in [4.78, 5) is 20.9. The van der Waals surface area contributed by atoms with Crippen LogP contribution in [-0.2, 0) is 29.6 Å². The van der Waals surface area contributed by atoms with Crippen molar-refractivity contribution in [3.05, 3.63) is 74.5 Å². The van der Waals surface area contributed by atoms with Crippen LogP contribution in [0.1, 0.15) is 72.5 Å². The topological polar surface area (TPSA) is 114 Å². The first kappa shape index (κ1) is 33.7. The highest BCUT2D eigenvalue weighted by molar-refractivity contribution is 6.43. The first-order valence-corrected chi connectivity index (χ1v) is 18.9. The van der Waals surface area contributed by atoms with Gasteiger partial charge in [-0.3, -0.25) is 9.48 Å². The van der Waals surface area contributed by atoms with Gasteiger partial charge in [0.15, 0.2) is 5.82 Å². The van der Waals surface area contributed by atoms with Crippen molar-refractivity contribution < 1.29 is 13.9 Å². The summed E-state index contributed by atoms with van der Waals surface area (Å²) in [5.41, 5.74) is 6.11. The smallest absolute Gasteiger partial charge is 0.226 e. The van der Waals surface area contributed by atoms with E-state index in [0.717, 1.165) is 53.8 Å². The molecule has 2 bridgehead atoms. The number of aromatic nitrogens is 5. The molecular formula is C39H39Cl2FN8O2. The molecule has 0 spiro atoms. The molecule has 13 heteroatoms. The molecule has 0 radical (unpaired) electrons. The van der Waals surface area contributed by atoms with Gasteiger partial charge in [0.2, 0.25) is 5.91 Å². The zero-order valence-electron chi connectivity index (χ0n) is 29.3. The van der Waals surface area contributed by atoms with Crippen molar-refractivity contribution in [2.45, 2.75) is 83.2 Å². The fourth-order valence-corrected chi connectivity index (χ4v) is 9.28. The predicted octanol–water partition coefficient (Wildman–Crippen LogP) is 7.31. The number of fused-ring (bicyclic) bond motifs is 4. The third kappa shape index (κ3) is 5.32. The largest absolute Gasteiger partial charge is 0.370 e. The van der Waals surface area contributed by atoms with Crippen molar-refractivity contribution in [2.75, 3.05) is 13.1 Å². The predicted molar refractivity (Wildman–Crippen MR) is 196 cm³/mol. The van der Waals surface area contributed by atoms with Crippen LogP contribution in [0.5, 0.6) is 0 Å². The number of ether oxygens (including phenoxy) is 1. The van der Waals surface area contributed by atoms with Gasteiger partial charge in [-0.05, 0) is 69.2 Å². The Labute approximate surface area is 310 Å². The number of nitrogens with one attached hydrogen (secondary N) is 1. The second-order valence-corrected chi connectivity index (χ2v) is 15.8. The number of pyridine rings is 1. The van der Waals surface area contributed by atoms with Crippen LogP contribution in [-0.4, -0.2) is 60.6 Å². The number of carbonyl (C=O) groups is 1. The lowest BCUT2D eigenvalue weighted by Gasteiger charge is -2.39. The molecule has 3 aliphatic heterocycles. The average Bonchev–Trinajstić information content (AvgIpc) is 3.49. The molecule has 52 heavy (non-hydrogen) atoms. The van der Waals surface area contributed by atoms with Gasteiger partial charge in [-0.2, -0.15) is 5.26 Å². The Bertz CT molecular complexity index is 2310. The zero-order chi connectivity index (χ0) is 36.0. The molecule has 6 heterocycles. The normalized spacial score (nSPS) is 23.9. The Kier molecular flexibility index (Phi) is 8.30. The summed E-state index contributed by atoms with van der Waals surface area (Å²) in [7, 11) is 1.86. The minimum absolute atomic E-state index is 0.0422. The Morgan fingerprint density at radius 1 is 1.17 bits per heavy atom. The monoisotopic (exact) mass is 740 g/mol. The molecule has 268 valence electrons. The highest BCUT2D eigenvalue weighted by atomic mass is 35.5. The summed E-state index contributed by atoms with van der Waals surface area (Å²) < 4.78 is 27.8. The molecule has 5 aliphatic rings. The number of halogens is 3. The highest BCUT2D eigenvalue weighted by Crippen LogP contribution is 2.51. The van der Waals surface area contributed by atoms with E-state index in [1.165, 1.54) is 0 Å². The number of benzene rings is 2. The van der Waals surface area contributed by atoms with Crippen molar-refractivity contribution in [3.8, 4) is 17.2 Å². The van der Waals surface area contributed by atoms with Crippen LogP contribution in [0.25, 0.3) is 32.9 Å². The van der Waals surface area contributed by atoms with Crippen LogP contribution in [0.3, 0.4) is 0 Å². The molecule has 5 unspecified atom stereocenters. The molecule has 1 N–H and O–H groups in total. The minimum Gasteiger partial charge on any atom is -0.370 e. The first-order chi connectivity index (χ1) is 25.1. The third-order valence-corrected chi connectivity index (χ3v) is 12.7. The summed E-state index contributed by atoms with van der Waals surface area (Å²) in [5.74, 6) is 0.144. The fraction of sp³-hybridized carbons (Fsp3) is 0.462. The number of hydrogen-bond donors (Lipinski definition) is 1. The molecule has 2 aromatic carbocycles. The van der Waals surface area contributed by atoms with E-state index < -0.39 is 5.82 Å². The number of rotatable bonds is 9. The van der Waals surface area contributed by atoms with E-state index in [4.69, 9.17) is 32.9 Å². The van der Waals surface area contributed by atoms with Crippen LogP contribution in [0.15, 0.2) is 30.3 Å². The number of nitriles is 1. The van der Waals surface area contributed by atoms with Crippen LogP contribution in [0, 0.1) is 42.8 Å². The van der Waals surface area contributed by atoms with Crippen LogP contribution < -0.4 is 5.32 Å². The number of aryl methyl sites for hydroxylation is 3. The van der Waals surface area contributed by atoms with Gasteiger partial charge >= 0.3 is 0 Å². The number of nitrogens with zero attached hydrogens (tertiary/aromatic N) is 7. The fourth-order valence-electron chi connectivity index (χ4n) is 8.88. The Hall–Kier alpha value is -4.08. The standard InChI is InChI=1S/C39H39Cl2FN8O2/c1-19-26-15-32(31-14-24(17-49(31)39(51)21-9-10-21)52-18-30-20(2)48(3)47-46-30)50(37-23-13-29(37)44-16-23)38(26)27-12-22(6-5-11-43)33(35(42)36(27)45-19)25-7-4-8-28(40)34(25)41/h4,7-8,12,15,21,23-24,29,31,37,44H,5-6,9-10,13-14,16-18H2,1-3H3. The second-order valence-electron chi connectivity index (χ2n) is 15.0. The van der Waals surface area contributed by atoms with E-state index in [1.807, 2.05) is 31.9 Å². The van der Waals surface area contributed by atoms with E-state index in [9.17, 15) is 10.1 Å². The lowest BCUT2D eigenvalue weighted by molar-refractivity contribution is -0.134. The molecule has 3 aromatic heterocycles. The molecule has 5 atom stereocenters. The van der Waals surface area contributed by atoms with Gasteiger partial charge in [0.1, 0.15) is 11.2 Å². The maximum absolute atomic E-state index is 17.2. The summed E-state index contributed by atoms with van der Waals surface area (Å²) in [6.45, 7) is 5.62. The maximum Gasteiger partial charge on any atom is 0.226 e.